The van der Waals surface area contributed by atoms with Crippen LogP contribution in [0.25, 0.3) is 0 Å². The van der Waals surface area contributed by atoms with Gasteiger partial charge in [-0.2, -0.15) is 8.78 Å². The minimum absolute atomic E-state index is 0.314. The van der Waals surface area contributed by atoms with Crippen LogP contribution in [0.1, 0.15) is 24.1 Å². The first-order valence-electron chi connectivity index (χ1n) is 6.45. The normalized spacial score (nSPS) is 15.9. The van der Waals surface area contributed by atoms with E-state index >= 15 is 0 Å². The molecule has 0 aliphatic heterocycles. The smallest absolute Gasteiger partial charge is 0.301 e. The Morgan fingerprint density at radius 1 is 1.45 bits per heavy atom. The van der Waals surface area contributed by atoms with Crippen LogP contribution in [-0.2, 0) is 9.84 Å². The number of sulfone groups is 1. The summed E-state index contributed by atoms with van der Waals surface area (Å²) in [5.41, 5.74) is 0. The summed E-state index contributed by atoms with van der Waals surface area (Å²) in [6, 6.07) is 0. The quantitative estimate of drug-likeness (QED) is 0.327. The molecular weight excluding hydrogens is 341 g/mol. The molecule has 22 heavy (non-hydrogen) atoms. The molecule has 0 bridgehead atoms. The number of nitrogens with zero attached hydrogens (tertiary/aromatic N) is 2. The highest BCUT2D eigenvalue weighted by Gasteiger charge is 2.25. The van der Waals surface area contributed by atoms with E-state index in [1.807, 2.05) is 0 Å². The Bertz CT molecular complexity index is 705. The van der Waals surface area contributed by atoms with Gasteiger partial charge >= 0.3 is 6.08 Å². The maximum absolute atomic E-state index is 12.7. The summed E-state index contributed by atoms with van der Waals surface area (Å²) in [6.45, 7) is 0.353. The summed E-state index contributed by atoms with van der Waals surface area (Å²) in [4.78, 5) is 4.02. The van der Waals surface area contributed by atoms with Gasteiger partial charge in [-0.3, -0.25) is 0 Å². The summed E-state index contributed by atoms with van der Waals surface area (Å²) < 4.78 is 60.6. The predicted molar refractivity (Wildman–Crippen MR) is 75.5 cm³/mol. The highest BCUT2D eigenvalue weighted by molar-refractivity contribution is 7.93. The van der Waals surface area contributed by atoms with Crippen molar-refractivity contribution in [3.8, 4) is 0 Å². The molecule has 2 rings (SSSR count). The van der Waals surface area contributed by atoms with Crippen molar-refractivity contribution in [2.45, 2.75) is 23.6 Å². The first-order valence-corrected chi connectivity index (χ1v) is 8.91. The molecule has 0 unspecified atom stereocenters. The molecule has 0 atom stereocenters. The van der Waals surface area contributed by atoms with Gasteiger partial charge in [0.25, 0.3) is 0 Å². The lowest BCUT2D eigenvalue weighted by molar-refractivity contribution is -0.456. The number of thiazole rings is 1. The number of rotatable bonds is 7. The highest BCUT2D eigenvalue weighted by Crippen LogP contribution is 2.28. The minimum atomic E-state index is -3.96. The zero-order valence-electron chi connectivity index (χ0n) is 11.3. The van der Waals surface area contributed by atoms with Crippen LogP contribution in [-0.4, -0.2) is 36.7 Å². The largest absolute Gasteiger partial charge is 0.624 e. The average Bonchev–Trinajstić information content (AvgIpc) is 3.10. The molecule has 5 nitrogen and oxygen atoms in total. The maximum Gasteiger partial charge on any atom is 0.301 e. The van der Waals surface area contributed by atoms with Gasteiger partial charge in [-0.1, -0.05) is 11.3 Å². The van der Waals surface area contributed by atoms with Crippen LogP contribution in [0.5, 0.6) is 0 Å². The van der Waals surface area contributed by atoms with Crippen molar-refractivity contribution in [1.29, 1.82) is 0 Å². The standard InChI is InChI=1S/C12H13F3N2O3S2/c13-10(11(14)15)3-4-22(19,20)12-16-5-9(21-12)7-17(18)6-8-1-2-8/h5,7-8H,1-4,6H2/b17-7-. The Hall–Kier alpha value is -1.42. The van der Waals surface area contributed by atoms with Crippen molar-refractivity contribution in [3.63, 3.8) is 0 Å². The fourth-order valence-electron chi connectivity index (χ4n) is 1.63. The van der Waals surface area contributed by atoms with Crippen LogP contribution in [0.3, 0.4) is 0 Å². The van der Waals surface area contributed by atoms with Crippen molar-refractivity contribution in [2.75, 3.05) is 12.3 Å². The molecule has 10 heteroatoms. The van der Waals surface area contributed by atoms with Gasteiger partial charge in [-0.25, -0.2) is 22.5 Å². The van der Waals surface area contributed by atoms with Gasteiger partial charge in [-0.15, -0.1) is 0 Å². The van der Waals surface area contributed by atoms with Crippen LogP contribution in [0.4, 0.5) is 13.2 Å². The Morgan fingerprint density at radius 2 is 2.14 bits per heavy atom. The number of hydroxylamine groups is 1. The topological polar surface area (TPSA) is 73.1 Å². The fourth-order valence-corrected chi connectivity index (χ4v) is 4.09. The zero-order chi connectivity index (χ0) is 16.3. The monoisotopic (exact) mass is 354 g/mol. The van der Waals surface area contributed by atoms with Gasteiger partial charge in [0.05, 0.1) is 11.9 Å². The summed E-state index contributed by atoms with van der Waals surface area (Å²) in [5, 5.41) is 11.6. The van der Waals surface area contributed by atoms with E-state index in [1.54, 1.807) is 0 Å². The van der Waals surface area contributed by atoms with Crippen molar-refractivity contribution < 1.29 is 26.3 Å². The summed E-state index contributed by atoms with van der Waals surface area (Å²) in [5.74, 6) is -2.16. The van der Waals surface area contributed by atoms with E-state index in [2.05, 4.69) is 4.98 Å². The Labute approximate surface area is 129 Å². The summed E-state index contributed by atoms with van der Waals surface area (Å²) >= 11 is 0.753. The van der Waals surface area contributed by atoms with E-state index in [4.69, 9.17) is 0 Å². The number of halogens is 3. The number of aromatic nitrogens is 1. The summed E-state index contributed by atoms with van der Waals surface area (Å²) in [6.07, 6.45) is 1.07. The van der Waals surface area contributed by atoms with Crippen molar-refractivity contribution in [3.05, 3.63) is 28.2 Å². The SMILES string of the molecule is O=S(=O)(CCC(F)=C(F)F)c1ncc(/C=[N+](\[O-])CC2CC2)s1. The molecule has 0 amide bonds. The van der Waals surface area contributed by atoms with Crippen LogP contribution in [0, 0.1) is 11.1 Å². The molecule has 1 aromatic heterocycles. The zero-order valence-corrected chi connectivity index (χ0v) is 13.0. The first kappa shape index (κ1) is 16.9. The van der Waals surface area contributed by atoms with Crippen LogP contribution in [0.2, 0.25) is 0 Å². The van der Waals surface area contributed by atoms with E-state index in [0.29, 0.717) is 17.3 Å². The molecule has 1 fully saturated rings. The molecule has 0 N–H and O–H groups in total. The van der Waals surface area contributed by atoms with E-state index in [9.17, 15) is 26.8 Å². The molecular formula is C12H13F3N2O3S2. The molecule has 0 spiro atoms. The summed E-state index contributed by atoms with van der Waals surface area (Å²) in [7, 11) is -3.96. The van der Waals surface area contributed by atoms with Crippen LogP contribution in [0.15, 0.2) is 22.4 Å². The van der Waals surface area contributed by atoms with E-state index < -0.39 is 33.9 Å². The molecule has 1 aliphatic rings. The third-order valence-electron chi connectivity index (χ3n) is 2.97. The molecule has 1 aliphatic carbocycles. The van der Waals surface area contributed by atoms with Crippen LogP contribution < -0.4 is 0 Å². The lowest BCUT2D eigenvalue weighted by Crippen LogP contribution is -2.08. The first-order chi connectivity index (χ1) is 10.3. The molecule has 0 saturated heterocycles. The van der Waals surface area contributed by atoms with E-state index in [0.717, 1.165) is 28.9 Å². The molecule has 122 valence electrons. The lowest BCUT2D eigenvalue weighted by atomic mass is 10.4. The molecule has 1 aromatic rings. The van der Waals surface area contributed by atoms with E-state index in [-0.39, 0.29) is 4.34 Å². The third-order valence-corrected chi connectivity index (χ3v) is 6.09. The van der Waals surface area contributed by atoms with Gasteiger partial charge in [-0.05, 0) is 12.8 Å². The molecule has 1 heterocycles. The number of hydrogen-bond donors (Lipinski definition) is 0. The molecule has 0 aromatic carbocycles. The Balaban J connectivity index is 2.04. The second kappa shape index (κ2) is 6.78. The van der Waals surface area contributed by atoms with Gasteiger partial charge in [0, 0.05) is 12.3 Å². The predicted octanol–water partition coefficient (Wildman–Crippen LogP) is 2.72. The van der Waals surface area contributed by atoms with Gasteiger partial charge in [0.15, 0.2) is 18.6 Å². The molecule has 0 radical (unpaired) electrons. The Morgan fingerprint density at radius 3 is 2.73 bits per heavy atom. The fraction of sp³-hybridized carbons (Fsp3) is 0.500. The average molecular weight is 354 g/mol. The van der Waals surface area contributed by atoms with Gasteiger partial charge in [0.1, 0.15) is 4.88 Å². The van der Waals surface area contributed by atoms with Crippen molar-refractivity contribution in [1.82, 2.24) is 4.98 Å². The second-order valence-corrected chi connectivity index (χ2v) is 8.28. The molecule has 1 saturated carbocycles. The van der Waals surface area contributed by atoms with Gasteiger partial charge < -0.3 is 5.21 Å². The second-order valence-electron chi connectivity index (χ2n) is 4.93. The number of allylic oxidation sites excluding steroid dienone is 1. The van der Waals surface area contributed by atoms with Crippen molar-refractivity contribution >= 4 is 27.4 Å². The van der Waals surface area contributed by atoms with Gasteiger partial charge in [0.2, 0.25) is 14.2 Å². The minimum Gasteiger partial charge on any atom is -0.624 e. The van der Waals surface area contributed by atoms with Crippen molar-refractivity contribution in [2.24, 2.45) is 5.92 Å². The maximum atomic E-state index is 12.7. The third kappa shape index (κ3) is 4.80. The van der Waals surface area contributed by atoms with E-state index in [1.165, 1.54) is 12.4 Å². The Kier molecular flexibility index (Phi) is 5.22. The number of hydrogen-bond acceptors (Lipinski definition) is 5. The lowest BCUT2D eigenvalue weighted by Gasteiger charge is -2.00. The van der Waals surface area contributed by atoms with Crippen LogP contribution >= 0.6 is 11.3 Å². The highest BCUT2D eigenvalue weighted by atomic mass is 32.2.